The standard InChI is InChI=1S/C19H30FN3O/c1-19(10-6-15(24-2)7-11-19)23-12-8-14(9-13-23)22-17-5-3-4-16(20)18(17)21/h3-5,14-15,22H,6-13,21H2,1-2H3/t15-,19-. The largest absolute Gasteiger partial charge is 0.395 e. The van der Waals surface area contributed by atoms with Crippen LogP contribution in [0.15, 0.2) is 18.2 Å². The molecule has 1 saturated heterocycles. The first-order chi connectivity index (χ1) is 11.5. The normalized spacial score (nSPS) is 29.5. The average Bonchev–Trinajstić information content (AvgIpc) is 2.60. The highest BCUT2D eigenvalue weighted by molar-refractivity contribution is 5.66. The molecule has 4 nitrogen and oxygen atoms in total. The minimum atomic E-state index is -0.347. The summed E-state index contributed by atoms with van der Waals surface area (Å²) in [6, 6.07) is 5.33. The molecule has 1 saturated carbocycles. The van der Waals surface area contributed by atoms with E-state index in [2.05, 4.69) is 17.1 Å². The molecule has 3 rings (SSSR count). The van der Waals surface area contributed by atoms with E-state index >= 15 is 0 Å². The topological polar surface area (TPSA) is 50.5 Å². The van der Waals surface area contributed by atoms with Crippen molar-refractivity contribution in [1.82, 2.24) is 4.90 Å². The molecular weight excluding hydrogens is 305 g/mol. The molecule has 5 heteroatoms. The van der Waals surface area contributed by atoms with Crippen LogP contribution in [0.1, 0.15) is 45.4 Å². The monoisotopic (exact) mass is 335 g/mol. The summed E-state index contributed by atoms with van der Waals surface area (Å²) in [4.78, 5) is 2.64. The van der Waals surface area contributed by atoms with Gasteiger partial charge in [0, 0.05) is 31.8 Å². The molecule has 0 aromatic heterocycles. The Balaban J connectivity index is 1.53. The minimum Gasteiger partial charge on any atom is -0.395 e. The zero-order valence-corrected chi connectivity index (χ0v) is 14.9. The molecule has 134 valence electrons. The number of nitrogens with zero attached hydrogens (tertiary/aromatic N) is 1. The molecule has 1 aliphatic carbocycles. The molecule has 1 aromatic rings. The number of hydrogen-bond donors (Lipinski definition) is 2. The summed E-state index contributed by atoms with van der Waals surface area (Å²) < 4.78 is 19.1. The molecule has 3 N–H and O–H groups in total. The van der Waals surface area contributed by atoms with E-state index in [4.69, 9.17) is 10.5 Å². The Bertz CT molecular complexity index is 550. The fraction of sp³-hybridized carbons (Fsp3) is 0.684. The van der Waals surface area contributed by atoms with E-state index in [1.165, 1.54) is 18.9 Å². The number of halogens is 1. The van der Waals surface area contributed by atoms with Gasteiger partial charge in [0.25, 0.3) is 0 Å². The molecule has 1 aromatic carbocycles. The first-order valence-electron chi connectivity index (χ1n) is 9.10. The predicted molar refractivity (Wildman–Crippen MR) is 96.7 cm³/mol. The number of anilines is 2. The Morgan fingerprint density at radius 3 is 2.50 bits per heavy atom. The van der Waals surface area contributed by atoms with Gasteiger partial charge in [-0.25, -0.2) is 4.39 Å². The number of nitrogen functional groups attached to an aromatic ring is 1. The molecule has 0 radical (unpaired) electrons. The van der Waals surface area contributed by atoms with Crippen LogP contribution >= 0.6 is 0 Å². The number of methoxy groups -OCH3 is 1. The van der Waals surface area contributed by atoms with Crippen LogP contribution in [0.5, 0.6) is 0 Å². The molecule has 2 fully saturated rings. The van der Waals surface area contributed by atoms with Gasteiger partial charge in [0.15, 0.2) is 0 Å². The Labute approximate surface area is 144 Å². The first kappa shape index (κ1) is 17.5. The van der Waals surface area contributed by atoms with Gasteiger partial charge in [-0.1, -0.05) is 6.07 Å². The van der Waals surface area contributed by atoms with Crippen molar-refractivity contribution in [3.05, 3.63) is 24.0 Å². The highest BCUT2D eigenvalue weighted by Gasteiger charge is 2.37. The molecule has 0 unspecified atom stereocenters. The van der Waals surface area contributed by atoms with Crippen LogP contribution in [0.3, 0.4) is 0 Å². The van der Waals surface area contributed by atoms with E-state index in [-0.39, 0.29) is 11.5 Å². The van der Waals surface area contributed by atoms with Gasteiger partial charge in [0.2, 0.25) is 0 Å². The molecule has 2 aliphatic rings. The number of likely N-dealkylation sites (tertiary alicyclic amines) is 1. The van der Waals surface area contributed by atoms with Gasteiger partial charge in [-0.2, -0.15) is 0 Å². The lowest BCUT2D eigenvalue weighted by molar-refractivity contribution is -0.0105. The number of piperidine rings is 1. The molecule has 24 heavy (non-hydrogen) atoms. The van der Waals surface area contributed by atoms with E-state index < -0.39 is 0 Å². The van der Waals surface area contributed by atoms with Crippen LogP contribution in [0.25, 0.3) is 0 Å². The lowest BCUT2D eigenvalue weighted by atomic mass is 9.79. The van der Waals surface area contributed by atoms with Gasteiger partial charge < -0.3 is 15.8 Å². The van der Waals surface area contributed by atoms with Crippen LogP contribution in [0.4, 0.5) is 15.8 Å². The summed E-state index contributed by atoms with van der Waals surface area (Å²) in [6.45, 7) is 4.57. The lowest BCUT2D eigenvalue weighted by Gasteiger charge is -2.48. The summed E-state index contributed by atoms with van der Waals surface area (Å²) >= 11 is 0. The van der Waals surface area contributed by atoms with Crippen LogP contribution in [-0.4, -0.2) is 42.8 Å². The number of para-hydroxylation sites is 1. The van der Waals surface area contributed by atoms with Crippen molar-refractivity contribution in [1.29, 1.82) is 0 Å². The van der Waals surface area contributed by atoms with E-state index in [0.717, 1.165) is 44.5 Å². The molecule has 0 bridgehead atoms. The van der Waals surface area contributed by atoms with Crippen molar-refractivity contribution in [2.75, 3.05) is 31.2 Å². The Morgan fingerprint density at radius 1 is 1.21 bits per heavy atom. The second-order valence-corrected chi connectivity index (χ2v) is 7.54. The van der Waals surface area contributed by atoms with Crippen molar-refractivity contribution in [2.24, 2.45) is 0 Å². The lowest BCUT2D eigenvalue weighted by Crippen LogP contribution is -2.53. The van der Waals surface area contributed by atoms with E-state index in [0.29, 0.717) is 17.7 Å². The van der Waals surface area contributed by atoms with Gasteiger partial charge >= 0.3 is 0 Å². The van der Waals surface area contributed by atoms with E-state index in [9.17, 15) is 4.39 Å². The Kier molecular flexibility index (Phi) is 5.30. The Hall–Kier alpha value is -1.33. The summed E-state index contributed by atoms with van der Waals surface area (Å²) in [5.41, 5.74) is 7.08. The van der Waals surface area contributed by atoms with Gasteiger partial charge in [0.05, 0.1) is 17.5 Å². The van der Waals surface area contributed by atoms with Gasteiger partial charge in [-0.05, 0) is 57.6 Å². The highest BCUT2D eigenvalue weighted by atomic mass is 19.1. The van der Waals surface area contributed by atoms with Gasteiger partial charge in [-0.3, -0.25) is 4.90 Å². The van der Waals surface area contributed by atoms with E-state index in [1.54, 1.807) is 6.07 Å². The summed E-state index contributed by atoms with van der Waals surface area (Å²) in [7, 11) is 1.82. The number of nitrogens with one attached hydrogen (secondary N) is 1. The number of ether oxygens (including phenoxy) is 1. The zero-order valence-electron chi connectivity index (χ0n) is 14.9. The molecular formula is C19H30FN3O. The van der Waals surface area contributed by atoms with Crippen molar-refractivity contribution in [2.45, 2.75) is 63.1 Å². The molecule has 1 aliphatic heterocycles. The maximum absolute atomic E-state index is 13.6. The second kappa shape index (κ2) is 7.28. The molecule has 0 spiro atoms. The van der Waals surface area contributed by atoms with Crippen LogP contribution in [-0.2, 0) is 4.74 Å². The van der Waals surface area contributed by atoms with Crippen molar-refractivity contribution >= 4 is 11.4 Å². The Morgan fingerprint density at radius 2 is 1.88 bits per heavy atom. The van der Waals surface area contributed by atoms with Crippen LogP contribution in [0, 0.1) is 5.82 Å². The number of benzene rings is 1. The summed E-state index contributed by atoms with van der Waals surface area (Å²) in [6.07, 6.45) is 7.31. The maximum atomic E-state index is 13.6. The SMILES string of the molecule is CO[C@H]1CC[C@](C)(N2CCC(Nc3cccc(F)c3N)CC2)CC1. The number of rotatable bonds is 4. The van der Waals surface area contributed by atoms with Gasteiger partial charge in [-0.15, -0.1) is 0 Å². The highest BCUT2D eigenvalue weighted by Crippen LogP contribution is 2.36. The zero-order chi connectivity index (χ0) is 17.2. The van der Waals surface area contributed by atoms with Crippen LogP contribution in [0.2, 0.25) is 0 Å². The third kappa shape index (κ3) is 3.67. The third-order valence-electron chi connectivity index (χ3n) is 6.01. The average molecular weight is 335 g/mol. The van der Waals surface area contributed by atoms with Gasteiger partial charge in [0.1, 0.15) is 5.82 Å². The van der Waals surface area contributed by atoms with Crippen LogP contribution < -0.4 is 11.1 Å². The number of hydrogen-bond acceptors (Lipinski definition) is 4. The quantitative estimate of drug-likeness (QED) is 0.825. The second-order valence-electron chi connectivity index (χ2n) is 7.54. The first-order valence-corrected chi connectivity index (χ1v) is 9.10. The fourth-order valence-corrected chi connectivity index (χ4v) is 4.21. The summed E-state index contributed by atoms with van der Waals surface area (Å²) in [5.74, 6) is -0.347. The maximum Gasteiger partial charge on any atom is 0.148 e. The number of nitrogens with two attached hydrogens (primary N) is 1. The predicted octanol–water partition coefficient (Wildman–Crippen LogP) is 3.63. The molecule has 0 amide bonds. The van der Waals surface area contributed by atoms with E-state index in [1.807, 2.05) is 13.2 Å². The molecule has 0 atom stereocenters. The smallest absolute Gasteiger partial charge is 0.148 e. The van der Waals surface area contributed by atoms with Crippen molar-refractivity contribution in [3.63, 3.8) is 0 Å². The fourth-order valence-electron chi connectivity index (χ4n) is 4.21. The molecule has 1 heterocycles. The minimum absolute atomic E-state index is 0.227. The van der Waals surface area contributed by atoms with Crippen molar-refractivity contribution < 1.29 is 9.13 Å². The third-order valence-corrected chi connectivity index (χ3v) is 6.01. The summed E-state index contributed by atoms with van der Waals surface area (Å²) in [5, 5.41) is 3.43. The van der Waals surface area contributed by atoms with Crippen molar-refractivity contribution in [3.8, 4) is 0 Å².